The van der Waals surface area contributed by atoms with Gasteiger partial charge in [-0.25, -0.2) is 9.97 Å². The molecule has 0 bridgehead atoms. The third kappa shape index (κ3) is 4.72. The number of nitrogens with one attached hydrogen (secondary N) is 1. The van der Waals surface area contributed by atoms with E-state index < -0.39 is 0 Å². The minimum Gasteiger partial charge on any atom is -0.355 e. The van der Waals surface area contributed by atoms with Crippen molar-refractivity contribution >= 4 is 23.5 Å². The SMILES string of the molecule is CNC(=O)c1cnc(N2CCC[C@@H]2c2ccc(Cl)cc2)nc1CCc1ccccc1C. The number of nitrogens with zero attached hydrogens (tertiary/aromatic N) is 3. The molecular weight excluding hydrogens is 408 g/mol. The Kier molecular flexibility index (Phi) is 6.52. The third-order valence-corrected chi connectivity index (χ3v) is 6.24. The molecule has 0 radical (unpaired) electrons. The molecule has 1 N–H and O–H groups in total. The maximum absolute atomic E-state index is 12.4. The van der Waals surface area contributed by atoms with Crippen LogP contribution in [-0.2, 0) is 12.8 Å². The molecule has 160 valence electrons. The average Bonchev–Trinajstić information content (AvgIpc) is 3.28. The summed E-state index contributed by atoms with van der Waals surface area (Å²) in [5.41, 5.74) is 5.06. The van der Waals surface area contributed by atoms with Crippen LogP contribution in [0.3, 0.4) is 0 Å². The highest BCUT2D eigenvalue weighted by atomic mass is 35.5. The number of aromatic nitrogens is 2. The first-order chi connectivity index (χ1) is 15.1. The van der Waals surface area contributed by atoms with Gasteiger partial charge in [0.2, 0.25) is 5.95 Å². The number of anilines is 1. The molecule has 4 rings (SSSR count). The summed E-state index contributed by atoms with van der Waals surface area (Å²) in [5, 5.41) is 3.45. The van der Waals surface area contributed by atoms with Gasteiger partial charge in [-0.05, 0) is 61.4 Å². The van der Waals surface area contributed by atoms with E-state index in [0.29, 0.717) is 17.9 Å². The lowest BCUT2D eigenvalue weighted by Gasteiger charge is -2.26. The van der Waals surface area contributed by atoms with Crippen molar-refractivity contribution in [2.75, 3.05) is 18.5 Å². The zero-order chi connectivity index (χ0) is 21.8. The smallest absolute Gasteiger partial charge is 0.254 e. The normalized spacial score (nSPS) is 15.8. The Morgan fingerprint density at radius 3 is 2.68 bits per heavy atom. The molecule has 1 amide bonds. The zero-order valence-corrected chi connectivity index (χ0v) is 18.7. The van der Waals surface area contributed by atoms with E-state index in [4.69, 9.17) is 16.6 Å². The Balaban J connectivity index is 1.63. The lowest BCUT2D eigenvalue weighted by molar-refractivity contribution is 0.0961. The van der Waals surface area contributed by atoms with E-state index in [2.05, 4.69) is 46.4 Å². The number of carbonyl (C=O) groups is 1. The lowest BCUT2D eigenvalue weighted by Crippen LogP contribution is -2.27. The second kappa shape index (κ2) is 9.48. The Bertz CT molecular complexity index is 1070. The highest BCUT2D eigenvalue weighted by Gasteiger charge is 2.29. The fourth-order valence-electron chi connectivity index (χ4n) is 4.24. The van der Waals surface area contributed by atoms with Gasteiger partial charge in [0.05, 0.1) is 17.3 Å². The van der Waals surface area contributed by atoms with Crippen LogP contribution in [0.15, 0.2) is 54.7 Å². The molecule has 2 aromatic carbocycles. The summed E-state index contributed by atoms with van der Waals surface area (Å²) < 4.78 is 0. The van der Waals surface area contributed by atoms with Gasteiger partial charge in [0.25, 0.3) is 5.91 Å². The number of rotatable bonds is 6. The Hall–Kier alpha value is -2.92. The first-order valence-corrected chi connectivity index (χ1v) is 11.1. The molecule has 1 aliphatic rings. The standard InChI is InChI=1S/C25H27ClN4O/c1-17-6-3-4-7-18(17)11-14-22-21(24(31)27-2)16-28-25(29-22)30-15-5-8-23(30)19-9-12-20(26)13-10-19/h3-4,6-7,9-10,12-13,16,23H,5,8,11,14-15H2,1-2H3,(H,27,31)/t23-/m1/s1. The summed E-state index contributed by atoms with van der Waals surface area (Å²) in [6.45, 7) is 3.01. The molecule has 0 spiro atoms. The van der Waals surface area contributed by atoms with Crippen molar-refractivity contribution in [3.8, 4) is 0 Å². The highest BCUT2D eigenvalue weighted by Crippen LogP contribution is 2.35. The topological polar surface area (TPSA) is 58.1 Å². The van der Waals surface area contributed by atoms with Gasteiger partial charge in [-0.1, -0.05) is 48.0 Å². The van der Waals surface area contributed by atoms with Crippen molar-refractivity contribution < 1.29 is 4.79 Å². The van der Waals surface area contributed by atoms with Crippen LogP contribution in [0.2, 0.25) is 5.02 Å². The van der Waals surface area contributed by atoms with Crippen molar-refractivity contribution in [1.82, 2.24) is 15.3 Å². The molecule has 0 saturated carbocycles. The van der Waals surface area contributed by atoms with Gasteiger partial charge in [-0.2, -0.15) is 0 Å². The molecule has 3 aromatic rings. The first kappa shape index (κ1) is 21.3. The first-order valence-electron chi connectivity index (χ1n) is 10.7. The summed E-state index contributed by atoms with van der Waals surface area (Å²) in [7, 11) is 1.64. The van der Waals surface area contributed by atoms with Crippen LogP contribution in [0.4, 0.5) is 5.95 Å². The second-order valence-electron chi connectivity index (χ2n) is 7.94. The third-order valence-electron chi connectivity index (χ3n) is 5.98. The Morgan fingerprint density at radius 2 is 1.94 bits per heavy atom. The molecule has 1 fully saturated rings. The van der Waals surface area contributed by atoms with E-state index >= 15 is 0 Å². The molecular formula is C25H27ClN4O. The van der Waals surface area contributed by atoms with E-state index in [1.807, 2.05) is 24.3 Å². The second-order valence-corrected chi connectivity index (χ2v) is 8.38. The van der Waals surface area contributed by atoms with Crippen LogP contribution in [0, 0.1) is 6.92 Å². The van der Waals surface area contributed by atoms with E-state index in [1.165, 1.54) is 16.7 Å². The molecule has 5 nitrogen and oxygen atoms in total. The van der Waals surface area contributed by atoms with Crippen molar-refractivity contribution in [1.29, 1.82) is 0 Å². The van der Waals surface area contributed by atoms with Crippen molar-refractivity contribution in [3.05, 3.63) is 87.7 Å². The van der Waals surface area contributed by atoms with Gasteiger partial charge in [0.1, 0.15) is 0 Å². The Morgan fingerprint density at radius 1 is 1.16 bits per heavy atom. The number of hydrogen-bond donors (Lipinski definition) is 1. The average molecular weight is 435 g/mol. The summed E-state index contributed by atoms with van der Waals surface area (Å²) in [5.74, 6) is 0.534. The fraction of sp³-hybridized carbons (Fsp3) is 0.320. The highest BCUT2D eigenvalue weighted by molar-refractivity contribution is 6.30. The summed E-state index contributed by atoms with van der Waals surface area (Å²) in [4.78, 5) is 24.2. The van der Waals surface area contributed by atoms with Crippen LogP contribution in [-0.4, -0.2) is 29.5 Å². The number of halogens is 1. The summed E-state index contributed by atoms with van der Waals surface area (Å²) >= 11 is 6.07. The van der Waals surface area contributed by atoms with Crippen LogP contribution >= 0.6 is 11.6 Å². The molecule has 1 atom stereocenters. The molecule has 2 heterocycles. The summed E-state index contributed by atoms with van der Waals surface area (Å²) in [6.07, 6.45) is 5.30. The van der Waals surface area contributed by atoms with Gasteiger partial charge < -0.3 is 10.2 Å². The van der Waals surface area contributed by atoms with Gasteiger partial charge in [0.15, 0.2) is 0 Å². The van der Waals surface area contributed by atoms with Crippen molar-refractivity contribution in [2.45, 2.75) is 38.6 Å². The van der Waals surface area contributed by atoms with Crippen molar-refractivity contribution in [2.24, 2.45) is 0 Å². The maximum Gasteiger partial charge on any atom is 0.254 e. The Labute approximate surface area is 188 Å². The number of aryl methyl sites for hydroxylation is 3. The maximum atomic E-state index is 12.4. The van der Waals surface area contributed by atoms with Gasteiger partial charge in [-0.15, -0.1) is 0 Å². The van der Waals surface area contributed by atoms with Crippen LogP contribution in [0.25, 0.3) is 0 Å². The van der Waals surface area contributed by atoms with Gasteiger partial charge in [0, 0.05) is 24.8 Å². The van der Waals surface area contributed by atoms with E-state index in [1.54, 1.807) is 13.2 Å². The number of hydrogen-bond acceptors (Lipinski definition) is 4. The van der Waals surface area contributed by atoms with Crippen molar-refractivity contribution in [3.63, 3.8) is 0 Å². The van der Waals surface area contributed by atoms with E-state index in [9.17, 15) is 4.79 Å². The van der Waals surface area contributed by atoms with Gasteiger partial charge in [-0.3, -0.25) is 4.79 Å². The minimum absolute atomic E-state index is 0.151. The molecule has 1 aromatic heterocycles. The van der Waals surface area contributed by atoms with Crippen LogP contribution < -0.4 is 10.2 Å². The molecule has 31 heavy (non-hydrogen) atoms. The van der Waals surface area contributed by atoms with Crippen LogP contribution in [0.1, 0.15) is 51.6 Å². The fourth-order valence-corrected chi connectivity index (χ4v) is 4.37. The lowest BCUT2D eigenvalue weighted by atomic mass is 10.0. The minimum atomic E-state index is -0.151. The summed E-state index contributed by atoms with van der Waals surface area (Å²) in [6, 6.07) is 16.6. The quantitative estimate of drug-likeness (QED) is 0.598. The largest absolute Gasteiger partial charge is 0.355 e. The predicted octanol–water partition coefficient (Wildman–Crippen LogP) is 4.92. The monoisotopic (exact) mass is 434 g/mol. The number of benzene rings is 2. The molecule has 1 saturated heterocycles. The predicted molar refractivity (Wildman–Crippen MR) is 125 cm³/mol. The van der Waals surface area contributed by atoms with Crippen LogP contribution in [0.5, 0.6) is 0 Å². The van der Waals surface area contributed by atoms with E-state index in [-0.39, 0.29) is 11.9 Å². The van der Waals surface area contributed by atoms with Gasteiger partial charge >= 0.3 is 0 Å². The molecule has 1 aliphatic heterocycles. The molecule has 6 heteroatoms. The number of carbonyl (C=O) groups excluding carboxylic acids is 1. The zero-order valence-electron chi connectivity index (χ0n) is 17.9. The number of amides is 1. The molecule has 0 unspecified atom stereocenters. The molecule has 0 aliphatic carbocycles. The van der Waals surface area contributed by atoms with E-state index in [0.717, 1.165) is 36.5 Å².